The molecule has 2 rings (SSSR count). The van der Waals surface area contributed by atoms with Crippen molar-refractivity contribution < 1.29 is 14.6 Å². The van der Waals surface area contributed by atoms with Crippen molar-refractivity contribution in [2.75, 3.05) is 13.2 Å². The molecule has 0 aromatic heterocycles. The Morgan fingerprint density at radius 3 is 2.25 bits per heavy atom. The van der Waals surface area contributed by atoms with Crippen molar-refractivity contribution in [2.45, 2.75) is 27.2 Å². The summed E-state index contributed by atoms with van der Waals surface area (Å²) in [7, 11) is 3.73. The average molecular weight is 339 g/mol. The fourth-order valence-corrected chi connectivity index (χ4v) is 2.90. The average Bonchev–Trinajstić information content (AvgIpc) is 2.58. The second-order valence-corrected chi connectivity index (χ2v) is 5.79. The molecule has 24 heavy (non-hydrogen) atoms. The minimum absolute atomic E-state index is 0.262. The Labute approximate surface area is 147 Å². The molecule has 0 saturated heterocycles. The number of phenols is 1. The molecule has 0 fully saturated rings. The molecule has 0 spiro atoms. The normalized spacial score (nSPS) is 11.0. The predicted octanol–water partition coefficient (Wildman–Crippen LogP) is 3.72. The molecule has 2 aromatic rings. The van der Waals surface area contributed by atoms with Crippen molar-refractivity contribution in [3.63, 3.8) is 0 Å². The van der Waals surface area contributed by atoms with Crippen LogP contribution in [-0.4, -0.2) is 28.6 Å². The molecule has 3 nitrogen and oxygen atoms in total. The van der Waals surface area contributed by atoms with Crippen LogP contribution in [0.3, 0.4) is 0 Å². The van der Waals surface area contributed by atoms with Crippen LogP contribution in [0.4, 0.5) is 0 Å². The summed E-state index contributed by atoms with van der Waals surface area (Å²) in [6, 6.07) is 9.11. The monoisotopic (exact) mass is 339 g/mol. The summed E-state index contributed by atoms with van der Waals surface area (Å²) < 4.78 is 11.7. The smallest absolute Gasteiger partial charge is 0.126 e. The summed E-state index contributed by atoms with van der Waals surface area (Å²) in [4.78, 5) is 0. The molecule has 0 aliphatic carbocycles. The van der Waals surface area contributed by atoms with Gasteiger partial charge in [-0.25, -0.2) is 0 Å². The summed E-state index contributed by atoms with van der Waals surface area (Å²) in [5.74, 6) is 1.96. The molecule has 0 aliphatic heterocycles. The van der Waals surface area contributed by atoms with Crippen molar-refractivity contribution in [1.29, 1.82) is 0 Å². The van der Waals surface area contributed by atoms with E-state index in [9.17, 15) is 5.11 Å². The van der Waals surface area contributed by atoms with Gasteiger partial charge >= 0.3 is 0 Å². The molecule has 4 heteroatoms. The van der Waals surface area contributed by atoms with Crippen LogP contribution in [0, 0.1) is 0 Å². The predicted molar refractivity (Wildman–Crippen MR) is 101 cm³/mol. The van der Waals surface area contributed by atoms with Gasteiger partial charge in [0.25, 0.3) is 0 Å². The molecule has 125 valence electrons. The summed E-state index contributed by atoms with van der Waals surface area (Å²) in [5.41, 5.74) is 3.07. The highest BCUT2D eigenvalue weighted by molar-refractivity contribution is 6.36. The topological polar surface area (TPSA) is 38.7 Å². The van der Waals surface area contributed by atoms with Crippen molar-refractivity contribution in [3.05, 3.63) is 47.0 Å². The second kappa shape index (κ2) is 8.59. The van der Waals surface area contributed by atoms with Crippen molar-refractivity contribution in [1.82, 2.24) is 0 Å². The molecule has 3 radical (unpaired) electrons. The van der Waals surface area contributed by atoms with E-state index in [0.29, 0.717) is 13.2 Å². The van der Waals surface area contributed by atoms with E-state index < -0.39 is 0 Å². The largest absolute Gasteiger partial charge is 0.508 e. The van der Waals surface area contributed by atoms with Gasteiger partial charge in [-0.3, -0.25) is 0 Å². The van der Waals surface area contributed by atoms with E-state index in [4.69, 9.17) is 9.47 Å². The Kier molecular flexibility index (Phi) is 6.50. The van der Waals surface area contributed by atoms with Gasteiger partial charge in [-0.15, -0.1) is 0 Å². The van der Waals surface area contributed by atoms with Gasteiger partial charge in [0, 0.05) is 5.56 Å². The van der Waals surface area contributed by atoms with Crippen molar-refractivity contribution >= 4 is 27.6 Å². The highest BCUT2D eigenvalue weighted by Gasteiger charge is 2.15. The van der Waals surface area contributed by atoms with Crippen LogP contribution in [-0.2, 0) is 6.42 Å². The number of hydrogen-bond donors (Lipinski definition) is 1. The minimum Gasteiger partial charge on any atom is -0.508 e. The van der Waals surface area contributed by atoms with E-state index in [1.807, 2.05) is 44.2 Å². The minimum atomic E-state index is 0.262. The van der Waals surface area contributed by atoms with Gasteiger partial charge in [0.2, 0.25) is 0 Å². The zero-order valence-corrected chi connectivity index (χ0v) is 15.4. The van der Waals surface area contributed by atoms with E-state index in [1.54, 1.807) is 12.1 Å². The van der Waals surface area contributed by atoms with E-state index in [2.05, 4.69) is 17.2 Å². The summed E-state index contributed by atoms with van der Waals surface area (Å²) >= 11 is 0. The van der Waals surface area contributed by atoms with Crippen molar-refractivity contribution in [2.24, 2.45) is 0 Å². The van der Waals surface area contributed by atoms with Crippen LogP contribution in [0.15, 0.2) is 30.3 Å². The second-order valence-electron chi connectivity index (χ2n) is 5.29. The van der Waals surface area contributed by atoms with Gasteiger partial charge in [-0.2, -0.15) is 0 Å². The van der Waals surface area contributed by atoms with E-state index in [1.165, 1.54) is 0 Å². The molecule has 0 unspecified atom stereocenters. The van der Waals surface area contributed by atoms with Crippen LogP contribution in [0.2, 0.25) is 0 Å². The molecular weight excluding hydrogens is 316 g/mol. The number of aromatic hydroxyl groups is 1. The number of ether oxygens (including phenoxy) is 2. The lowest BCUT2D eigenvalue weighted by Crippen LogP contribution is -2.16. The maximum Gasteiger partial charge on any atom is 0.126 e. The van der Waals surface area contributed by atoms with Crippen LogP contribution in [0.25, 0.3) is 12.2 Å². The maximum atomic E-state index is 9.37. The zero-order chi connectivity index (χ0) is 17.5. The van der Waals surface area contributed by atoms with Crippen LogP contribution in [0.5, 0.6) is 17.2 Å². The molecular formula is C20H23O3Si. The first-order valence-electron chi connectivity index (χ1n) is 8.24. The first-order chi connectivity index (χ1) is 11.6. The molecule has 2 aromatic carbocycles. The van der Waals surface area contributed by atoms with E-state index in [0.717, 1.165) is 39.8 Å². The Hall–Kier alpha value is -2.20. The number of rotatable bonds is 7. The third-order valence-electron chi connectivity index (χ3n) is 3.66. The Balaban J connectivity index is 2.46. The third-order valence-corrected chi connectivity index (χ3v) is 4.18. The SMILES string of the molecule is CCOc1cc(C=Cc2ccc(O)cc2)c([Si])c(OCC)c1CC. The van der Waals surface area contributed by atoms with Crippen LogP contribution >= 0.6 is 0 Å². The number of benzene rings is 2. The summed E-state index contributed by atoms with van der Waals surface area (Å²) in [6.45, 7) is 7.26. The van der Waals surface area contributed by atoms with E-state index >= 15 is 0 Å². The molecule has 0 atom stereocenters. The quantitative estimate of drug-likeness (QED) is 0.617. The maximum absolute atomic E-state index is 9.37. The highest BCUT2D eigenvalue weighted by atomic mass is 28.1. The fourth-order valence-electron chi connectivity index (χ4n) is 2.52. The zero-order valence-electron chi connectivity index (χ0n) is 14.4. The van der Waals surface area contributed by atoms with Gasteiger partial charge in [-0.05, 0) is 54.8 Å². The Morgan fingerprint density at radius 2 is 1.67 bits per heavy atom. The van der Waals surface area contributed by atoms with Crippen LogP contribution < -0.4 is 14.7 Å². The molecule has 0 heterocycles. The van der Waals surface area contributed by atoms with Crippen molar-refractivity contribution in [3.8, 4) is 17.2 Å². The molecule has 0 amide bonds. The Morgan fingerprint density at radius 1 is 1.00 bits per heavy atom. The first-order valence-corrected chi connectivity index (χ1v) is 8.74. The number of phenolic OH excluding ortho intramolecular Hbond substituents is 1. The highest BCUT2D eigenvalue weighted by Crippen LogP contribution is 2.30. The first kappa shape index (κ1) is 18.1. The third kappa shape index (κ3) is 4.20. The standard InChI is InChI=1S/C20H23O3Si/c1-4-17-18(22-5-2)13-15(20(24)19(17)23-6-3)10-7-14-8-11-16(21)12-9-14/h7-13,21H,4-6H2,1-3H3. The fraction of sp³-hybridized carbons (Fsp3) is 0.300. The lowest BCUT2D eigenvalue weighted by atomic mass is 10.0. The summed E-state index contributed by atoms with van der Waals surface area (Å²) in [5, 5.41) is 10.3. The van der Waals surface area contributed by atoms with Gasteiger partial charge < -0.3 is 14.6 Å². The molecule has 0 saturated carbocycles. The van der Waals surface area contributed by atoms with E-state index in [-0.39, 0.29) is 5.75 Å². The van der Waals surface area contributed by atoms with Crippen LogP contribution in [0.1, 0.15) is 37.5 Å². The summed E-state index contributed by atoms with van der Waals surface area (Å²) in [6.07, 6.45) is 4.85. The van der Waals surface area contributed by atoms with Gasteiger partial charge in [0.15, 0.2) is 0 Å². The lowest BCUT2D eigenvalue weighted by Gasteiger charge is -2.18. The molecule has 0 bridgehead atoms. The van der Waals surface area contributed by atoms with Gasteiger partial charge in [-0.1, -0.05) is 31.2 Å². The molecule has 0 aliphatic rings. The lowest BCUT2D eigenvalue weighted by molar-refractivity contribution is 0.318. The van der Waals surface area contributed by atoms with Gasteiger partial charge in [0.05, 0.1) is 23.5 Å². The Bertz CT molecular complexity index is 706. The number of hydrogen-bond acceptors (Lipinski definition) is 3. The van der Waals surface area contributed by atoms with Gasteiger partial charge in [0.1, 0.15) is 17.2 Å². The molecule has 1 N–H and O–H groups in total.